The maximum absolute atomic E-state index is 13.2. The second-order valence-electron chi connectivity index (χ2n) is 4.68. The number of likely N-dealkylation sites (tertiary alicyclic amines) is 1. The van der Waals surface area contributed by atoms with Crippen LogP contribution in [0.15, 0.2) is 12.1 Å². The van der Waals surface area contributed by atoms with Crippen LogP contribution in [0.25, 0.3) is 0 Å². The number of amides is 1. The first-order valence-electron chi connectivity index (χ1n) is 6.06. The lowest BCUT2D eigenvalue weighted by Crippen LogP contribution is -2.30. The molecule has 2 rings (SSSR count). The van der Waals surface area contributed by atoms with Gasteiger partial charge in [0.1, 0.15) is 5.56 Å². The van der Waals surface area contributed by atoms with Crippen molar-refractivity contribution < 1.29 is 18.5 Å². The number of carbonyl (C=O) groups excluding carboxylic acids is 1. The predicted octanol–water partition coefficient (Wildman–Crippen LogP) is 1.29. The Bertz CT molecular complexity index is 565. The van der Waals surface area contributed by atoms with E-state index >= 15 is 0 Å². The van der Waals surface area contributed by atoms with E-state index in [-0.39, 0.29) is 5.92 Å². The van der Waals surface area contributed by atoms with Gasteiger partial charge >= 0.3 is 0 Å². The van der Waals surface area contributed by atoms with Crippen molar-refractivity contribution in [2.45, 2.75) is 6.42 Å². The topological polar surface area (TPSA) is 89.5 Å². The van der Waals surface area contributed by atoms with Crippen LogP contribution in [0, 0.1) is 27.7 Å². The van der Waals surface area contributed by atoms with E-state index in [0.717, 1.165) is 0 Å². The van der Waals surface area contributed by atoms with Crippen LogP contribution in [0.2, 0.25) is 0 Å². The van der Waals surface area contributed by atoms with Crippen LogP contribution in [-0.4, -0.2) is 35.4 Å². The molecule has 0 bridgehead atoms. The van der Waals surface area contributed by atoms with Gasteiger partial charge in [0.05, 0.1) is 11.0 Å². The van der Waals surface area contributed by atoms with E-state index in [9.17, 15) is 23.7 Å². The van der Waals surface area contributed by atoms with E-state index < -0.39 is 33.7 Å². The molecular formula is C12H13F2N3O3. The molecule has 1 saturated heterocycles. The molecule has 108 valence electrons. The van der Waals surface area contributed by atoms with Gasteiger partial charge in [-0.25, -0.2) is 8.78 Å². The van der Waals surface area contributed by atoms with Gasteiger partial charge in [0.2, 0.25) is 0 Å². The van der Waals surface area contributed by atoms with E-state index in [1.54, 1.807) is 0 Å². The van der Waals surface area contributed by atoms with Gasteiger partial charge in [-0.1, -0.05) is 0 Å². The first-order valence-corrected chi connectivity index (χ1v) is 6.06. The highest BCUT2D eigenvalue weighted by Gasteiger charge is 2.31. The predicted molar refractivity (Wildman–Crippen MR) is 66.1 cm³/mol. The third-order valence-electron chi connectivity index (χ3n) is 3.37. The zero-order valence-corrected chi connectivity index (χ0v) is 10.5. The fraction of sp³-hybridized carbons (Fsp3) is 0.417. The van der Waals surface area contributed by atoms with Crippen molar-refractivity contribution in [3.8, 4) is 0 Å². The number of rotatable bonds is 3. The van der Waals surface area contributed by atoms with Crippen molar-refractivity contribution in [1.29, 1.82) is 0 Å². The number of nitrogens with zero attached hydrogens (tertiary/aromatic N) is 2. The number of nitrogens with two attached hydrogens (primary N) is 1. The average Bonchev–Trinajstić information content (AvgIpc) is 2.89. The van der Waals surface area contributed by atoms with Crippen molar-refractivity contribution >= 4 is 11.6 Å². The van der Waals surface area contributed by atoms with Gasteiger partial charge in [-0.3, -0.25) is 14.9 Å². The molecule has 1 heterocycles. The quantitative estimate of drug-likeness (QED) is 0.669. The Balaban J connectivity index is 2.34. The summed E-state index contributed by atoms with van der Waals surface area (Å²) in [6.07, 6.45) is 0.694. The summed E-state index contributed by atoms with van der Waals surface area (Å²) in [4.78, 5) is 23.5. The molecule has 1 aromatic rings. The molecular weight excluding hydrogens is 272 g/mol. The molecule has 0 aromatic heterocycles. The maximum Gasteiger partial charge on any atom is 0.285 e. The van der Waals surface area contributed by atoms with Gasteiger partial charge in [-0.15, -0.1) is 0 Å². The summed E-state index contributed by atoms with van der Waals surface area (Å²) in [6.45, 7) is 1.17. The molecule has 8 heteroatoms. The van der Waals surface area contributed by atoms with Crippen LogP contribution in [0.3, 0.4) is 0 Å². The van der Waals surface area contributed by atoms with Crippen LogP contribution < -0.4 is 5.73 Å². The number of halogens is 2. The first kappa shape index (κ1) is 14.3. The highest BCUT2D eigenvalue weighted by molar-refractivity contribution is 5.98. The average molecular weight is 285 g/mol. The fourth-order valence-corrected chi connectivity index (χ4v) is 2.24. The number of hydrogen-bond acceptors (Lipinski definition) is 4. The normalized spacial score (nSPS) is 18.4. The summed E-state index contributed by atoms with van der Waals surface area (Å²) in [6, 6.07) is 1.00. The van der Waals surface area contributed by atoms with Gasteiger partial charge in [-0.2, -0.15) is 0 Å². The summed E-state index contributed by atoms with van der Waals surface area (Å²) in [5, 5.41) is 10.9. The lowest BCUT2D eigenvalue weighted by atomic mass is 10.1. The third-order valence-corrected chi connectivity index (χ3v) is 3.37. The van der Waals surface area contributed by atoms with E-state index in [1.165, 1.54) is 4.90 Å². The van der Waals surface area contributed by atoms with Crippen LogP contribution >= 0.6 is 0 Å². The zero-order valence-electron chi connectivity index (χ0n) is 10.5. The lowest BCUT2D eigenvalue weighted by Gasteiger charge is -2.16. The van der Waals surface area contributed by atoms with Gasteiger partial charge in [0.25, 0.3) is 11.6 Å². The van der Waals surface area contributed by atoms with E-state index in [4.69, 9.17) is 5.73 Å². The van der Waals surface area contributed by atoms with Crippen LogP contribution in [-0.2, 0) is 0 Å². The molecule has 1 atom stereocenters. The Hall–Kier alpha value is -2.09. The molecule has 1 fully saturated rings. The second kappa shape index (κ2) is 5.49. The largest absolute Gasteiger partial charge is 0.338 e. The standard InChI is InChI=1S/C12H13F2N3O3/c13-9-3-8(11(17(19)20)4-10(9)14)12(18)16-2-1-7(5-15)6-16/h3-4,7H,1-2,5-6,15H2. The zero-order chi connectivity index (χ0) is 14.9. The number of hydrogen-bond donors (Lipinski definition) is 1. The van der Waals surface area contributed by atoms with Gasteiger partial charge in [-0.05, 0) is 24.9 Å². The molecule has 1 aliphatic rings. The van der Waals surface area contributed by atoms with Crippen LogP contribution in [0.1, 0.15) is 16.8 Å². The minimum Gasteiger partial charge on any atom is -0.338 e. The van der Waals surface area contributed by atoms with Crippen molar-refractivity contribution in [2.75, 3.05) is 19.6 Å². The van der Waals surface area contributed by atoms with Crippen LogP contribution in [0.4, 0.5) is 14.5 Å². The van der Waals surface area contributed by atoms with Crippen molar-refractivity contribution in [1.82, 2.24) is 4.90 Å². The number of nitro groups is 1. The number of carbonyl (C=O) groups is 1. The number of benzene rings is 1. The van der Waals surface area contributed by atoms with Gasteiger partial charge < -0.3 is 10.6 Å². The first-order chi connectivity index (χ1) is 9.43. The molecule has 1 amide bonds. The van der Waals surface area contributed by atoms with E-state index in [0.29, 0.717) is 38.2 Å². The molecule has 20 heavy (non-hydrogen) atoms. The molecule has 0 spiro atoms. The van der Waals surface area contributed by atoms with Crippen molar-refractivity contribution in [3.05, 3.63) is 39.4 Å². The molecule has 1 aliphatic heterocycles. The second-order valence-corrected chi connectivity index (χ2v) is 4.68. The highest BCUT2D eigenvalue weighted by atomic mass is 19.2. The monoisotopic (exact) mass is 285 g/mol. The summed E-state index contributed by atoms with van der Waals surface area (Å²) < 4.78 is 26.3. The summed E-state index contributed by atoms with van der Waals surface area (Å²) in [5.41, 5.74) is 4.33. The molecule has 6 nitrogen and oxygen atoms in total. The SMILES string of the molecule is NCC1CCN(C(=O)c2cc(F)c(F)cc2[N+](=O)[O-])C1. The Labute approximate surface area is 113 Å². The molecule has 0 saturated carbocycles. The number of nitro benzene ring substituents is 1. The third kappa shape index (κ3) is 2.60. The Morgan fingerprint density at radius 1 is 1.45 bits per heavy atom. The van der Waals surface area contributed by atoms with E-state index in [1.807, 2.05) is 0 Å². The Morgan fingerprint density at radius 2 is 2.10 bits per heavy atom. The smallest absolute Gasteiger partial charge is 0.285 e. The lowest BCUT2D eigenvalue weighted by molar-refractivity contribution is -0.385. The Kier molecular flexibility index (Phi) is 3.93. The summed E-state index contributed by atoms with van der Waals surface area (Å²) in [5.74, 6) is -3.18. The van der Waals surface area contributed by atoms with Gasteiger partial charge in [0, 0.05) is 13.1 Å². The van der Waals surface area contributed by atoms with Gasteiger partial charge in [0.15, 0.2) is 11.6 Å². The fourth-order valence-electron chi connectivity index (χ4n) is 2.24. The minimum atomic E-state index is -1.35. The molecule has 2 N–H and O–H groups in total. The molecule has 0 aliphatic carbocycles. The molecule has 1 unspecified atom stereocenters. The summed E-state index contributed by atoms with van der Waals surface area (Å²) in [7, 11) is 0. The van der Waals surface area contributed by atoms with Crippen molar-refractivity contribution in [3.63, 3.8) is 0 Å². The maximum atomic E-state index is 13.2. The van der Waals surface area contributed by atoms with E-state index in [2.05, 4.69) is 0 Å². The van der Waals surface area contributed by atoms with Crippen LogP contribution in [0.5, 0.6) is 0 Å². The Morgan fingerprint density at radius 3 is 2.65 bits per heavy atom. The molecule has 0 radical (unpaired) electrons. The molecule has 1 aromatic carbocycles. The minimum absolute atomic E-state index is 0.128. The highest BCUT2D eigenvalue weighted by Crippen LogP contribution is 2.26. The summed E-state index contributed by atoms with van der Waals surface area (Å²) >= 11 is 0. The van der Waals surface area contributed by atoms with Crippen molar-refractivity contribution in [2.24, 2.45) is 11.7 Å².